The Labute approximate surface area is 96.2 Å². The first kappa shape index (κ1) is 11.5. The van der Waals surface area contributed by atoms with Gasteiger partial charge in [0, 0.05) is 21.2 Å². The SMILES string of the molecule is O=S(=O)([S-])I.[K+]. The summed E-state index contributed by atoms with van der Waals surface area (Å²) in [6, 6.07) is -3.11. The van der Waals surface area contributed by atoms with E-state index in [1.54, 1.807) is 0 Å². The van der Waals surface area contributed by atoms with E-state index < -0.39 is 6.04 Å². The van der Waals surface area contributed by atoms with E-state index in [9.17, 15) is 8.42 Å². The van der Waals surface area contributed by atoms with Crippen LogP contribution in [0.3, 0.4) is 0 Å². The van der Waals surface area contributed by atoms with Gasteiger partial charge in [0.25, 0.3) is 0 Å². The average molecular weight is 262 g/mol. The van der Waals surface area contributed by atoms with E-state index in [0.717, 1.165) is 21.2 Å². The maximum Gasteiger partial charge on any atom is 1.00 e. The summed E-state index contributed by atoms with van der Waals surface area (Å²) < 4.78 is 18.9. The molecule has 0 saturated carbocycles. The van der Waals surface area contributed by atoms with Crippen molar-refractivity contribution in [3.63, 3.8) is 0 Å². The van der Waals surface area contributed by atoms with Gasteiger partial charge in [-0.25, -0.2) is 8.42 Å². The maximum absolute atomic E-state index is 9.43. The fourth-order valence-electron chi connectivity index (χ4n) is 0. The van der Waals surface area contributed by atoms with Gasteiger partial charge in [-0.3, -0.25) is 0 Å². The predicted octanol–water partition coefficient (Wildman–Crippen LogP) is -2.78. The van der Waals surface area contributed by atoms with E-state index in [2.05, 4.69) is 11.7 Å². The molecule has 0 aliphatic carbocycles. The molecule has 0 fully saturated rings. The molecule has 0 heterocycles. The minimum Gasteiger partial charge on any atom is -0.638 e. The zero-order valence-electron chi connectivity index (χ0n) is 3.01. The predicted molar refractivity (Wildman–Crippen MR) is 30.3 cm³/mol. The average Bonchev–Trinajstić information content (AvgIpc) is 0.722. The van der Waals surface area contributed by atoms with Gasteiger partial charge in [-0.2, -0.15) is 0 Å². The van der Waals surface area contributed by atoms with Crippen LogP contribution < -0.4 is 51.4 Å². The van der Waals surface area contributed by atoms with Crippen LogP contribution in [0.2, 0.25) is 0 Å². The van der Waals surface area contributed by atoms with E-state index in [0.29, 0.717) is 0 Å². The van der Waals surface area contributed by atoms with Crippen LogP contribution in [0.15, 0.2) is 0 Å². The zero-order valence-corrected chi connectivity index (χ0v) is 9.92. The number of rotatable bonds is 0. The van der Waals surface area contributed by atoms with Crippen molar-refractivity contribution in [2.24, 2.45) is 0 Å². The van der Waals surface area contributed by atoms with Crippen LogP contribution in [0, 0.1) is 0 Å². The Hall–Kier alpha value is 2.67. The summed E-state index contributed by atoms with van der Waals surface area (Å²) in [6.45, 7) is 0. The first-order valence-corrected chi connectivity index (χ1v) is 5.61. The molecule has 2 nitrogen and oxygen atoms in total. The largest absolute Gasteiger partial charge is 1.00 e. The first-order chi connectivity index (χ1) is 2.00. The first-order valence-electron chi connectivity index (χ1n) is 0.654. The molecule has 0 N–H and O–H groups in total. The molecule has 0 aromatic carbocycles. The van der Waals surface area contributed by atoms with Gasteiger partial charge in [0.05, 0.1) is 6.04 Å². The Morgan fingerprint density at radius 1 is 1.50 bits per heavy atom. The summed E-state index contributed by atoms with van der Waals surface area (Å²) in [6.07, 6.45) is 0. The zero-order chi connectivity index (χ0) is 4.50. The number of hydrogen-bond donors (Lipinski definition) is 0. The third kappa shape index (κ3) is 30.1. The second-order valence-electron chi connectivity index (χ2n) is 0.393. The maximum atomic E-state index is 9.43. The molecule has 0 aliphatic heterocycles. The molecule has 32 valence electrons. The minimum atomic E-state index is -3.11. The van der Waals surface area contributed by atoms with Gasteiger partial charge in [-0.1, -0.05) is 0 Å². The van der Waals surface area contributed by atoms with E-state index in [1.165, 1.54) is 0 Å². The summed E-state index contributed by atoms with van der Waals surface area (Å²) in [4.78, 5) is 0. The fourth-order valence-corrected chi connectivity index (χ4v) is 0. The van der Waals surface area contributed by atoms with Gasteiger partial charge in [0.15, 0.2) is 0 Å². The molecule has 0 spiro atoms. The molecule has 0 aromatic rings. The van der Waals surface area contributed by atoms with Gasteiger partial charge in [0.1, 0.15) is 0 Å². The third-order valence-electron chi connectivity index (χ3n) is 0. The van der Waals surface area contributed by atoms with Crippen molar-refractivity contribution in [1.29, 1.82) is 0 Å². The van der Waals surface area contributed by atoms with Gasteiger partial charge in [-0.15, -0.1) is 0 Å². The normalized spacial score (nSPS) is 9.67. The van der Waals surface area contributed by atoms with Crippen LogP contribution in [-0.4, -0.2) is 8.42 Å². The molecule has 0 saturated heterocycles. The quantitative estimate of drug-likeness (QED) is 0.156. The standard InChI is InChI=1S/HIO2S2.K/c1-5(2,3)4;/h(H,2,3,4);/q;+1/p-1. The van der Waals surface area contributed by atoms with Crippen molar-refractivity contribution in [2.75, 3.05) is 0 Å². The molecule has 0 radical (unpaired) electrons. The third-order valence-corrected chi connectivity index (χ3v) is 0. The second kappa shape index (κ2) is 4.54. The van der Waals surface area contributed by atoms with E-state index in [1.807, 2.05) is 0 Å². The van der Waals surface area contributed by atoms with E-state index in [4.69, 9.17) is 0 Å². The Bertz CT molecular complexity index is 94.7. The number of halogens is 1. The molecule has 6 heavy (non-hydrogen) atoms. The molecule has 6 heteroatoms. The van der Waals surface area contributed by atoms with Gasteiger partial charge < -0.3 is 11.7 Å². The van der Waals surface area contributed by atoms with Crippen molar-refractivity contribution < 1.29 is 59.8 Å². The number of hydrogen-bond acceptors (Lipinski definition) is 3. The topological polar surface area (TPSA) is 34.1 Å². The molecular weight excluding hydrogens is 262 g/mol. The molecule has 0 aromatic heterocycles. The van der Waals surface area contributed by atoms with Crippen LogP contribution in [0.4, 0.5) is 0 Å². The van der Waals surface area contributed by atoms with Crippen LogP contribution in [0.1, 0.15) is 0 Å². The molecule has 0 unspecified atom stereocenters. The van der Waals surface area contributed by atoms with Crippen molar-refractivity contribution in [1.82, 2.24) is 0 Å². The smallest absolute Gasteiger partial charge is 0.638 e. The summed E-state index contributed by atoms with van der Waals surface area (Å²) in [5, 5.41) is 0. The summed E-state index contributed by atoms with van der Waals surface area (Å²) in [5.74, 6) is 0. The van der Waals surface area contributed by atoms with Crippen molar-refractivity contribution in [2.45, 2.75) is 0 Å². The van der Waals surface area contributed by atoms with Gasteiger partial charge >= 0.3 is 51.4 Å². The van der Waals surface area contributed by atoms with E-state index >= 15 is 0 Å². The van der Waals surface area contributed by atoms with Gasteiger partial charge in [-0.05, 0) is 0 Å². The van der Waals surface area contributed by atoms with Gasteiger partial charge in [0.2, 0.25) is 0 Å². The Morgan fingerprint density at radius 2 is 1.50 bits per heavy atom. The molecular formula is IKO2S2. The molecule has 0 bridgehead atoms. The van der Waals surface area contributed by atoms with Crippen LogP contribution in [0.5, 0.6) is 0 Å². The summed E-state index contributed by atoms with van der Waals surface area (Å²) >= 11 is 4.95. The molecule has 0 aliphatic rings. The molecule has 0 amide bonds. The monoisotopic (exact) mass is 262 g/mol. The van der Waals surface area contributed by atoms with Crippen LogP contribution in [-0.2, 0) is 17.7 Å². The van der Waals surface area contributed by atoms with Crippen molar-refractivity contribution in [3.05, 3.63) is 0 Å². The van der Waals surface area contributed by atoms with Crippen LogP contribution >= 0.6 is 21.2 Å². The Kier molecular flexibility index (Phi) is 8.67. The van der Waals surface area contributed by atoms with E-state index in [-0.39, 0.29) is 51.4 Å². The summed E-state index contributed by atoms with van der Waals surface area (Å²) in [5.41, 5.74) is 0. The second-order valence-corrected chi connectivity index (χ2v) is 7.77. The van der Waals surface area contributed by atoms with Crippen molar-refractivity contribution >= 4 is 38.9 Å². The van der Waals surface area contributed by atoms with Crippen molar-refractivity contribution in [3.8, 4) is 0 Å². The minimum absolute atomic E-state index is 0. The Morgan fingerprint density at radius 3 is 1.50 bits per heavy atom. The Balaban J connectivity index is 0. The summed E-state index contributed by atoms with van der Waals surface area (Å²) in [7, 11) is 0. The van der Waals surface area contributed by atoms with Crippen LogP contribution in [0.25, 0.3) is 0 Å². The molecule has 0 atom stereocenters. The fraction of sp³-hybridized carbons (Fsp3) is 0. The molecule has 0 rings (SSSR count).